The highest BCUT2D eigenvalue weighted by molar-refractivity contribution is 7.09. The van der Waals surface area contributed by atoms with Crippen LogP contribution in [0.2, 0.25) is 0 Å². The molecular formula is C15H26N4OS. The second-order valence-corrected chi connectivity index (χ2v) is 6.73. The van der Waals surface area contributed by atoms with Crippen molar-refractivity contribution in [3.05, 3.63) is 16.6 Å². The van der Waals surface area contributed by atoms with E-state index in [1.165, 1.54) is 0 Å². The van der Waals surface area contributed by atoms with E-state index < -0.39 is 0 Å². The molecule has 6 heteroatoms. The van der Waals surface area contributed by atoms with E-state index in [2.05, 4.69) is 34.1 Å². The van der Waals surface area contributed by atoms with E-state index in [-0.39, 0.29) is 5.91 Å². The van der Waals surface area contributed by atoms with Crippen molar-refractivity contribution in [2.75, 3.05) is 39.8 Å². The zero-order valence-corrected chi connectivity index (χ0v) is 13.9. The van der Waals surface area contributed by atoms with Gasteiger partial charge in [0.2, 0.25) is 5.91 Å². The molecule has 1 aromatic heterocycles. The van der Waals surface area contributed by atoms with Gasteiger partial charge in [-0.2, -0.15) is 0 Å². The van der Waals surface area contributed by atoms with Crippen molar-refractivity contribution in [2.24, 2.45) is 0 Å². The van der Waals surface area contributed by atoms with Crippen LogP contribution in [0.15, 0.2) is 11.6 Å². The molecule has 0 spiro atoms. The minimum Gasteiger partial charge on any atom is -0.356 e. The number of aromatic nitrogens is 1. The molecule has 0 aromatic carbocycles. The third-order valence-corrected chi connectivity index (χ3v) is 4.93. The lowest BCUT2D eigenvalue weighted by Gasteiger charge is -2.36. The summed E-state index contributed by atoms with van der Waals surface area (Å²) in [4.78, 5) is 20.9. The summed E-state index contributed by atoms with van der Waals surface area (Å²) < 4.78 is 0. The number of likely N-dealkylation sites (N-methyl/N-ethyl adjacent to an activating group) is 1. The summed E-state index contributed by atoms with van der Waals surface area (Å²) in [6.07, 6.45) is 4.19. The van der Waals surface area contributed by atoms with Crippen LogP contribution in [0.4, 0.5) is 0 Å². The number of hydrogen-bond donors (Lipinski definition) is 1. The maximum Gasteiger partial charge on any atom is 0.220 e. The first kappa shape index (κ1) is 16.4. The van der Waals surface area contributed by atoms with Gasteiger partial charge in [0.15, 0.2) is 0 Å². The largest absolute Gasteiger partial charge is 0.356 e. The number of nitrogens with one attached hydrogen (secondary N) is 1. The van der Waals surface area contributed by atoms with Crippen LogP contribution in [0.25, 0.3) is 0 Å². The van der Waals surface area contributed by atoms with E-state index >= 15 is 0 Å². The fourth-order valence-corrected chi connectivity index (χ4v) is 3.18. The molecule has 0 bridgehead atoms. The van der Waals surface area contributed by atoms with Crippen molar-refractivity contribution in [3.8, 4) is 0 Å². The quantitative estimate of drug-likeness (QED) is 0.823. The van der Waals surface area contributed by atoms with E-state index in [0.717, 1.165) is 44.0 Å². The molecule has 1 N–H and O–H groups in total. The van der Waals surface area contributed by atoms with Crippen molar-refractivity contribution in [1.82, 2.24) is 20.1 Å². The predicted molar refractivity (Wildman–Crippen MR) is 86.6 cm³/mol. The van der Waals surface area contributed by atoms with E-state index in [0.29, 0.717) is 19.0 Å². The number of amides is 1. The lowest BCUT2D eigenvalue weighted by Crippen LogP contribution is -2.48. The molecule has 2 heterocycles. The minimum absolute atomic E-state index is 0.160. The van der Waals surface area contributed by atoms with Crippen LogP contribution >= 0.6 is 11.3 Å². The summed E-state index contributed by atoms with van der Waals surface area (Å²) in [5.74, 6) is 0.160. The van der Waals surface area contributed by atoms with E-state index in [1.807, 2.05) is 5.38 Å². The Morgan fingerprint density at radius 1 is 1.43 bits per heavy atom. The first-order chi connectivity index (χ1) is 10.1. The van der Waals surface area contributed by atoms with Crippen LogP contribution in [-0.4, -0.2) is 66.5 Å². The number of nitrogens with zero attached hydrogens (tertiary/aromatic N) is 3. The summed E-state index contributed by atoms with van der Waals surface area (Å²) in [6, 6.07) is 0.489. The van der Waals surface area contributed by atoms with Gasteiger partial charge >= 0.3 is 0 Å². The molecular weight excluding hydrogens is 284 g/mol. The number of carbonyl (C=O) groups excluding carboxylic acids is 1. The molecule has 1 atom stereocenters. The third-order valence-electron chi connectivity index (χ3n) is 4.09. The molecule has 1 saturated heterocycles. The Hall–Kier alpha value is -0.980. The Labute approximate surface area is 131 Å². The van der Waals surface area contributed by atoms with Gasteiger partial charge in [-0.15, -0.1) is 11.3 Å². The highest BCUT2D eigenvalue weighted by atomic mass is 32.1. The average Bonchev–Trinajstić information content (AvgIpc) is 2.99. The molecule has 1 aliphatic heterocycles. The van der Waals surface area contributed by atoms with Gasteiger partial charge < -0.3 is 10.2 Å². The minimum atomic E-state index is 0.160. The second kappa shape index (κ2) is 8.46. The molecule has 5 nitrogen and oxygen atoms in total. The number of hydrogen-bond acceptors (Lipinski definition) is 5. The zero-order chi connectivity index (χ0) is 15.1. The molecule has 1 aromatic rings. The van der Waals surface area contributed by atoms with E-state index in [1.54, 1.807) is 17.5 Å². The monoisotopic (exact) mass is 310 g/mol. The van der Waals surface area contributed by atoms with Crippen molar-refractivity contribution in [3.63, 3.8) is 0 Å². The van der Waals surface area contributed by atoms with Gasteiger partial charge in [0.05, 0.1) is 5.01 Å². The van der Waals surface area contributed by atoms with Crippen molar-refractivity contribution >= 4 is 17.2 Å². The molecule has 1 aliphatic rings. The topological polar surface area (TPSA) is 48.5 Å². The third kappa shape index (κ3) is 5.73. The van der Waals surface area contributed by atoms with Crippen LogP contribution in [0.1, 0.15) is 24.8 Å². The summed E-state index contributed by atoms with van der Waals surface area (Å²) in [7, 11) is 2.16. The highest BCUT2D eigenvalue weighted by Crippen LogP contribution is 2.10. The van der Waals surface area contributed by atoms with Crippen LogP contribution in [0.5, 0.6) is 0 Å². The van der Waals surface area contributed by atoms with Gasteiger partial charge in [-0.3, -0.25) is 9.69 Å². The van der Waals surface area contributed by atoms with Gasteiger partial charge in [0.1, 0.15) is 0 Å². The molecule has 21 heavy (non-hydrogen) atoms. The Morgan fingerprint density at radius 3 is 2.86 bits per heavy atom. The summed E-state index contributed by atoms with van der Waals surface area (Å²) in [6.45, 7) is 7.41. The molecule has 0 unspecified atom stereocenters. The van der Waals surface area contributed by atoms with Gasteiger partial charge in [0, 0.05) is 63.2 Å². The maximum absolute atomic E-state index is 11.9. The zero-order valence-electron chi connectivity index (χ0n) is 13.0. The van der Waals surface area contributed by atoms with Gasteiger partial charge in [-0.05, 0) is 20.4 Å². The lowest BCUT2D eigenvalue weighted by molar-refractivity contribution is -0.121. The molecule has 0 radical (unpaired) electrons. The number of carbonyl (C=O) groups is 1. The molecule has 0 aliphatic carbocycles. The summed E-state index contributed by atoms with van der Waals surface area (Å²) in [5.41, 5.74) is 0. The van der Waals surface area contributed by atoms with Crippen LogP contribution in [0, 0.1) is 0 Å². The van der Waals surface area contributed by atoms with E-state index in [9.17, 15) is 4.79 Å². The lowest BCUT2D eigenvalue weighted by atomic mass is 10.1. The Kier molecular flexibility index (Phi) is 6.60. The SMILES string of the molecule is C[C@H](CCC(=O)NCCc1nccs1)N1CCN(C)CC1. The van der Waals surface area contributed by atoms with Crippen molar-refractivity contribution in [1.29, 1.82) is 0 Å². The fourth-order valence-electron chi connectivity index (χ4n) is 2.56. The van der Waals surface area contributed by atoms with E-state index in [4.69, 9.17) is 0 Å². The maximum atomic E-state index is 11.9. The summed E-state index contributed by atoms with van der Waals surface area (Å²) in [5, 5.41) is 6.04. The first-order valence-corrected chi connectivity index (χ1v) is 8.61. The number of piperazine rings is 1. The van der Waals surface area contributed by atoms with Gasteiger partial charge in [-0.1, -0.05) is 0 Å². The fraction of sp³-hybridized carbons (Fsp3) is 0.733. The predicted octanol–water partition coefficient (Wildman–Crippen LogP) is 1.22. The van der Waals surface area contributed by atoms with Crippen LogP contribution < -0.4 is 5.32 Å². The molecule has 118 valence electrons. The Bertz CT molecular complexity index is 415. The molecule has 2 rings (SSSR count). The van der Waals surface area contributed by atoms with Gasteiger partial charge in [-0.25, -0.2) is 4.98 Å². The first-order valence-electron chi connectivity index (χ1n) is 7.73. The number of rotatable bonds is 7. The summed E-state index contributed by atoms with van der Waals surface area (Å²) >= 11 is 1.64. The van der Waals surface area contributed by atoms with Crippen LogP contribution in [0.3, 0.4) is 0 Å². The second-order valence-electron chi connectivity index (χ2n) is 5.75. The normalized spacial score (nSPS) is 18.6. The van der Waals surface area contributed by atoms with Gasteiger partial charge in [0.25, 0.3) is 0 Å². The van der Waals surface area contributed by atoms with Crippen molar-refractivity contribution < 1.29 is 4.79 Å². The molecule has 1 fully saturated rings. The Balaban J connectivity index is 1.57. The molecule has 1 amide bonds. The molecule has 0 saturated carbocycles. The number of thiazole rings is 1. The standard InChI is InChI=1S/C15H26N4OS/c1-13(19-10-8-18(2)9-11-19)3-4-14(20)16-6-5-15-17-7-12-21-15/h7,12-13H,3-6,8-11H2,1-2H3,(H,16,20)/t13-/m1/s1. The smallest absolute Gasteiger partial charge is 0.220 e. The van der Waals surface area contributed by atoms with Crippen LogP contribution in [-0.2, 0) is 11.2 Å². The highest BCUT2D eigenvalue weighted by Gasteiger charge is 2.19. The Morgan fingerprint density at radius 2 is 2.19 bits per heavy atom. The average molecular weight is 310 g/mol. The van der Waals surface area contributed by atoms with Crippen molar-refractivity contribution in [2.45, 2.75) is 32.2 Å².